The van der Waals surface area contributed by atoms with E-state index in [1.165, 1.54) is 0 Å². The highest BCUT2D eigenvalue weighted by molar-refractivity contribution is 5.61. The number of hydrogen-bond acceptors (Lipinski definition) is 4. The zero-order valence-corrected chi connectivity index (χ0v) is 11.2. The van der Waals surface area contributed by atoms with Gasteiger partial charge in [-0.2, -0.15) is 5.26 Å². The fourth-order valence-electron chi connectivity index (χ4n) is 1.86. The summed E-state index contributed by atoms with van der Waals surface area (Å²) in [5.41, 5.74) is 3.20. The molecule has 0 spiro atoms. The molecule has 0 saturated carbocycles. The Labute approximate surface area is 109 Å². The number of nitriles is 1. The molecule has 1 aromatic rings. The molecule has 0 aliphatic rings. The molecule has 0 amide bonds. The highest BCUT2D eigenvalue weighted by Gasteiger charge is 2.13. The average molecular weight is 245 g/mol. The number of rotatable bonds is 6. The zero-order chi connectivity index (χ0) is 13.5. The first-order chi connectivity index (χ1) is 8.63. The highest BCUT2D eigenvalue weighted by atomic mass is 16.5. The molecular weight excluding hydrogens is 226 g/mol. The first kappa shape index (κ1) is 14.2. The SMILES string of the molecule is C=CCN(CCOC)c1cc(C)nc(C)c1C#N. The van der Waals surface area contributed by atoms with Gasteiger partial charge in [-0.3, -0.25) is 4.98 Å². The summed E-state index contributed by atoms with van der Waals surface area (Å²) in [6, 6.07) is 4.16. The Morgan fingerprint density at radius 3 is 2.83 bits per heavy atom. The molecule has 1 heterocycles. The van der Waals surface area contributed by atoms with Gasteiger partial charge in [0.15, 0.2) is 0 Å². The molecule has 4 heteroatoms. The van der Waals surface area contributed by atoms with Crippen molar-refractivity contribution >= 4 is 5.69 Å². The maximum absolute atomic E-state index is 9.26. The molecule has 0 aliphatic carbocycles. The molecule has 1 rings (SSSR count). The van der Waals surface area contributed by atoms with Crippen molar-refractivity contribution in [3.8, 4) is 6.07 Å². The molecule has 0 saturated heterocycles. The normalized spacial score (nSPS) is 9.89. The van der Waals surface area contributed by atoms with Crippen molar-refractivity contribution in [2.75, 3.05) is 31.7 Å². The fraction of sp³-hybridized carbons (Fsp3) is 0.429. The van der Waals surface area contributed by atoms with E-state index in [1.54, 1.807) is 7.11 Å². The van der Waals surface area contributed by atoms with E-state index in [1.807, 2.05) is 26.0 Å². The van der Waals surface area contributed by atoms with Gasteiger partial charge in [0.25, 0.3) is 0 Å². The summed E-state index contributed by atoms with van der Waals surface area (Å²) in [5, 5.41) is 9.26. The Hall–Kier alpha value is -1.86. The van der Waals surface area contributed by atoms with E-state index < -0.39 is 0 Å². The fourth-order valence-corrected chi connectivity index (χ4v) is 1.86. The second-order valence-corrected chi connectivity index (χ2v) is 4.08. The Kier molecular flexibility index (Phi) is 5.34. The first-order valence-corrected chi connectivity index (χ1v) is 5.87. The standard InChI is InChI=1S/C14H19N3O/c1-5-6-17(7-8-18-4)14-9-11(2)16-12(3)13(14)10-15/h5,9H,1,6-8H2,2-4H3. The van der Waals surface area contributed by atoms with Gasteiger partial charge in [-0.25, -0.2) is 0 Å². The van der Waals surface area contributed by atoms with Crippen molar-refractivity contribution in [2.24, 2.45) is 0 Å². The minimum Gasteiger partial charge on any atom is -0.383 e. The number of aromatic nitrogens is 1. The van der Waals surface area contributed by atoms with Gasteiger partial charge in [-0.1, -0.05) is 6.08 Å². The maximum Gasteiger partial charge on any atom is 0.103 e. The van der Waals surface area contributed by atoms with Crippen LogP contribution in [0.15, 0.2) is 18.7 Å². The third-order valence-corrected chi connectivity index (χ3v) is 2.67. The van der Waals surface area contributed by atoms with Crippen molar-refractivity contribution in [3.05, 3.63) is 35.7 Å². The molecular formula is C14H19N3O. The number of methoxy groups -OCH3 is 1. The van der Waals surface area contributed by atoms with Crippen LogP contribution < -0.4 is 4.90 Å². The van der Waals surface area contributed by atoms with Gasteiger partial charge in [0, 0.05) is 25.9 Å². The lowest BCUT2D eigenvalue weighted by Crippen LogP contribution is -2.28. The highest BCUT2D eigenvalue weighted by Crippen LogP contribution is 2.23. The summed E-state index contributed by atoms with van der Waals surface area (Å²) in [5.74, 6) is 0. The molecule has 18 heavy (non-hydrogen) atoms. The van der Waals surface area contributed by atoms with Gasteiger partial charge in [0.2, 0.25) is 0 Å². The third-order valence-electron chi connectivity index (χ3n) is 2.67. The number of nitrogens with zero attached hydrogens (tertiary/aromatic N) is 3. The van der Waals surface area contributed by atoms with Crippen LogP contribution in [0.1, 0.15) is 17.0 Å². The molecule has 0 radical (unpaired) electrons. The topological polar surface area (TPSA) is 49.1 Å². The van der Waals surface area contributed by atoms with Crippen molar-refractivity contribution in [3.63, 3.8) is 0 Å². The molecule has 0 N–H and O–H groups in total. The van der Waals surface area contributed by atoms with E-state index >= 15 is 0 Å². The Bertz CT molecular complexity index is 463. The quantitative estimate of drug-likeness (QED) is 0.721. The van der Waals surface area contributed by atoms with Crippen LogP contribution in [0.2, 0.25) is 0 Å². The van der Waals surface area contributed by atoms with E-state index in [0.29, 0.717) is 18.7 Å². The van der Waals surface area contributed by atoms with Gasteiger partial charge in [-0.15, -0.1) is 6.58 Å². The molecule has 0 aromatic carbocycles. The Morgan fingerprint density at radius 1 is 1.56 bits per heavy atom. The van der Waals surface area contributed by atoms with Gasteiger partial charge in [-0.05, 0) is 19.9 Å². The zero-order valence-electron chi connectivity index (χ0n) is 11.2. The molecule has 1 aromatic heterocycles. The predicted octanol–water partition coefficient (Wildman–Crippen LogP) is 2.21. The number of hydrogen-bond donors (Lipinski definition) is 0. The maximum atomic E-state index is 9.26. The van der Waals surface area contributed by atoms with Gasteiger partial charge < -0.3 is 9.64 Å². The monoisotopic (exact) mass is 245 g/mol. The molecule has 0 fully saturated rings. The molecule has 0 aliphatic heterocycles. The van der Waals surface area contributed by atoms with Crippen LogP contribution in [-0.4, -0.2) is 31.8 Å². The third kappa shape index (κ3) is 3.31. The van der Waals surface area contributed by atoms with Crippen molar-refractivity contribution in [2.45, 2.75) is 13.8 Å². The largest absolute Gasteiger partial charge is 0.383 e. The Morgan fingerprint density at radius 2 is 2.28 bits per heavy atom. The van der Waals surface area contributed by atoms with Crippen molar-refractivity contribution < 1.29 is 4.74 Å². The Balaban J connectivity index is 3.17. The van der Waals surface area contributed by atoms with E-state index in [2.05, 4.69) is 22.5 Å². The van der Waals surface area contributed by atoms with Crippen LogP contribution in [0.3, 0.4) is 0 Å². The summed E-state index contributed by atoms with van der Waals surface area (Å²) in [7, 11) is 1.67. The van der Waals surface area contributed by atoms with Gasteiger partial charge in [0.05, 0.1) is 23.6 Å². The number of pyridine rings is 1. The van der Waals surface area contributed by atoms with Crippen molar-refractivity contribution in [1.82, 2.24) is 4.98 Å². The van der Waals surface area contributed by atoms with E-state index in [9.17, 15) is 5.26 Å². The van der Waals surface area contributed by atoms with Crippen LogP contribution in [0.4, 0.5) is 5.69 Å². The lowest BCUT2D eigenvalue weighted by Gasteiger charge is -2.24. The van der Waals surface area contributed by atoms with Gasteiger partial charge in [0.1, 0.15) is 6.07 Å². The van der Waals surface area contributed by atoms with E-state index in [-0.39, 0.29) is 0 Å². The summed E-state index contributed by atoms with van der Waals surface area (Å²) in [4.78, 5) is 6.40. The van der Waals surface area contributed by atoms with Crippen molar-refractivity contribution in [1.29, 1.82) is 5.26 Å². The van der Waals surface area contributed by atoms with Crippen LogP contribution >= 0.6 is 0 Å². The van der Waals surface area contributed by atoms with Crippen LogP contribution in [-0.2, 0) is 4.74 Å². The second-order valence-electron chi connectivity index (χ2n) is 4.08. The van der Waals surface area contributed by atoms with Crippen LogP contribution in [0.5, 0.6) is 0 Å². The molecule has 0 atom stereocenters. The summed E-state index contributed by atoms with van der Waals surface area (Å²) < 4.78 is 5.10. The summed E-state index contributed by atoms with van der Waals surface area (Å²) >= 11 is 0. The summed E-state index contributed by atoms with van der Waals surface area (Å²) in [6.07, 6.45) is 1.82. The lowest BCUT2D eigenvalue weighted by atomic mass is 10.1. The smallest absolute Gasteiger partial charge is 0.103 e. The van der Waals surface area contributed by atoms with E-state index in [4.69, 9.17) is 4.74 Å². The minimum absolute atomic E-state index is 0.610. The molecule has 0 unspecified atom stereocenters. The van der Waals surface area contributed by atoms with Crippen LogP contribution in [0.25, 0.3) is 0 Å². The van der Waals surface area contributed by atoms with E-state index in [0.717, 1.165) is 23.6 Å². The average Bonchev–Trinajstić information content (AvgIpc) is 2.33. The number of anilines is 1. The number of ether oxygens (including phenoxy) is 1. The predicted molar refractivity (Wildman–Crippen MR) is 72.7 cm³/mol. The first-order valence-electron chi connectivity index (χ1n) is 5.87. The lowest BCUT2D eigenvalue weighted by molar-refractivity contribution is 0.206. The molecule has 96 valence electrons. The second kappa shape index (κ2) is 6.77. The van der Waals surface area contributed by atoms with Crippen LogP contribution in [0, 0.1) is 25.2 Å². The van der Waals surface area contributed by atoms with Gasteiger partial charge >= 0.3 is 0 Å². The minimum atomic E-state index is 0.610. The molecule has 4 nitrogen and oxygen atoms in total. The number of aryl methyl sites for hydroxylation is 2. The summed E-state index contributed by atoms with van der Waals surface area (Å²) in [6.45, 7) is 9.56. The molecule has 0 bridgehead atoms.